The lowest BCUT2D eigenvalue weighted by Crippen LogP contribution is -2.44. The minimum absolute atomic E-state index is 0.0868. The molecule has 5 heteroatoms. The van der Waals surface area contributed by atoms with Crippen LogP contribution in [0.15, 0.2) is 40.1 Å². The molecule has 96 valence electrons. The molecule has 2 rings (SSSR count). The minimum Gasteiger partial charge on any atom is -0.477 e. The van der Waals surface area contributed by atoms with Gasteiger partial charge >= 0.3 is 5.97 Å². The molecule has 0 spiro atoms. The fourth-order valence-electron chi connectivity index (χ4n) is 2.45. The van der Waals surface area contributed by atoms with E-state index in [9.17, 15) is 9.90 Å². The molecule has 0 amide bonds. The Labute approximate surface area is 111 Å². The highest BCUT2D eigenvalue weighted by atomic mass is 35.5. The number of aliphatic imine (C=N–C) groups is 1. The van der Waals surface area contributed by atoms with Crippen LogP contribution in [0.2, 0.25) is 0 Å². The van der Waals surface area contributed by atoms with Crippen molar-refractivity contribution in [2.75, 3.05) is 14.1 Å². The first-order valence-electron chi connectivity index (χ1n) is 5.63. The van der Waals surface area contributed by atoms with Crippen molar-refractivity contribution in [2.24, 2.45) is 16.3 Å². The molecule has 1 aliphatic carbocycles. The Hall–Kier alpha value is -1.55. The summed E-state index contributed by atoms with van der Waals surface area (Å²) in [5, 5.41) is 9.54. The van der Waals surface area contributed by atoms with Crippen LogP contribution in [-0.4, -0.2) is 35.8 Å². The van der Waals surface area contributed by atoms with Gasteiger partial charge in [-0.15, -0.1) is 0 Å². The summed E-state index contributed by atoms with van der Waals surface area (Å²) in [6.45, 7) is 1.87. The van der Waals surface area contributed by atoms with E-state index in [-0.39, 0.29) is 16.8 Å². The zero-order chi connectivity index (χ0) is 13.5. The van der Waals surface area contributed by atoms with E-state index in [1.807, 2.05) is 50.2 Å². The first-order chi connectivity index (χ1) is 8.36. The molecule has 0 aromatic rings. The van der Waals surface area contributed by atoms with Gasteiger partial charge in [0.2, 0.25) is 0 Å². The Bertz CT molecular complexity index is 517. The predicted molar refractivity (Wildman–Crippen MR) is 71.5 cm³/mol. The van der Waals surface area contributed by atoms with E-state index in [1.54, 1.807) is 0 Å². The van der Waals surface area contributed by atoms with E-state index in [0.29, 0.717) is 0 Å². The molecule has 0 bridgehead atoms. The normalized spacial score (nSPS) is 30.0. The molecule has 0 saturated heterocycles. The van der Waals surface area contributed by atoms with Crippen LogP contribution < -0.4 is 0 Å². The molecule has 0 saturated carbocycles. The topological polar surface area (TPSA) is 52.9 Å². The average Bonchev–Trinajstić information content (AvgIpc) is 2.27. The van der Waals surface area contributed by atoms with Crippen molar-refractivity contribution < 1.29 is 9.90 Å². The van der Waals surface area contributed by atoms with Gasteiger partial charge in [-0.05, 0) is 19.1 Å². The summed E-state index contributed by atoms with van der Waals surface area (Å²) < 4.78 is 0. The number of hydrogen-bond donors (Lipinski definition) is 1. The fraction of sp³-hybridized carbons (Fsp3) is 0.385. The molecule has 1 heterocycles. The number of nitrogens with zero attached hydrogens (tertiary/aromatic N) is 2. The zero-order valence-electron chi connectivity index (χ0n) is 10.5. The second kappa shape index (κ2) is 4.28. The lowest BCUT2D eigenvalue weighted by atomic mass is 9.68. The van der Waals surface area contributed by atoms with E-state index < -0.39 is 11.4 Å². The maximum absolute atomic E-state index is 11.4. The SMILES string of the molecule is CN(C)C1=CC=CC2(C)C(C(=O)O)=NC(Cl)=CC12. The van der Waals surface area contributed by atoms with Crippen molar-refractivity contribution in [3.8, 4) is 0 Å². The van der Waals surface area contributed by atoms with Gasteiger partial charge in [-0.1, -0.05) is 23.8 Å². The number of carbonyl (C=O) groups is 1. The Morgan fingerprint density at radius 3 is 2.78 bits per heavy atom. The van der Waals surface area contributed by atoms with E-state index >= 15 is 0 Å². The Kier molecular flexibility index (Phi) is 3.07. The lowest BCUT2D eigenvalue weighted by molar-refractivity contribution is -0.129. The molecule has 0 fully saturated rings. The number of allylic oxidation sites excluding steroid dienone is 4. The molecule has 1 N–H and O–H groups in total. The summed E-state index contributed by atoms with van der Waals surface area (Å²) in [6.07, 6.45) is 7.52. The number of rotatable bonds is 2. The van der Waals surface area contributed by atoms with E-state index in [4.69, 9.17) is 11.6 Å². The van der Waals surface area contributed by atoms with Crippen LogP contribution >= 0.6 is 11.6 Å². The summed E-state index contributed by atoms with van der Waals surface area (Å²) in [7, 11) is 3.86. The summed E-state index contributed by atoms with van der Waals surface area (Å²) in [4.78, 5) is 17.3. The smallest absolute Gasteiger partial charge is 0.351 e. The second-order valence-electron chi connectivity index (χ2n) is 4.86. The van der Waals surface area contributed by atoms with Gasteiger partial charge in [0.05, 0.1) is 0 Å². The maximum Gasteiger partial charge on any atom is 0.351 e. The predicted octanol–water partition coefficient (Wildman–Crippen LogP) is 2.24. The summed E-state index contributed by atoms with van der Waals surface area (Å²) in [5.74, 6) is -1.13. The van der Waals surface area contributed by atoms with Crippen LogP contribution in [0.1, 0.15) is 6.92 Å². The number of halogens is 1. The van der Waals surface area contributed by atoms with Crippen LogP contribution in [0.4, 0.5) is 0 Å². The van der Waals surface area contributed by atoms with Crippen LogP contribution in [0.25, 0.3) is 0 Å². The third-order valence-corrected chi connectivity index (χ3v) is 3.64. The third-order valence-electron chi connectivity index (χ3n) is 3.43. The number of carboxylic acids is 1. The summed E-state index contributed by atoms with van der Waals surface area (Å²) >= 11 is 5.95. The molecule has 0 aromatic carbocycles. The molecule has 0 aromatic heterocycles. The van der Waals surface area contributed by atoms with E-state index in [2.05, 4.69) is 4.99 Å². The molecule has 2 atom stereocenters. The van der Waals surface area contributed by atoms with Crippen LogP contribution in [0.3, 0.4) is 0 Å². The van der Waals surface area contributed by atoms with Crippen molar-refractivity contribution >= 4 is 23.3 Å². The largest absolute Gasteiger partial charge is 0.477 e. The van der Waals surface area contributed by atoms with Gasteiger partial charge in [-0.3, -0.25) is 0 Å². The van der Waals surface area contributed by atoms with E-state index in [0.717, 1.165) is 5.70 Å². The number of fused-ring (bicyclic) bond motifs is 1. The van der Waals surface area contributed by atoms with Gasteiger partial charge in [-0.2, -0.15) is 0 Å². The Morgan fingerprint density at radius 1 is 1.56 bits per heavy atom. The van der Waals surface area contributed by atoms with Gasteiger partial charge in [0.15, 0.2) is 0 Å². The van der Waals surface area contributed by atoms with Crippen LogP contribution in [-0.2, 0) is 4.79 Å². The highest BCUT2D eigenvalue weighted by molar-refractivity contribution is 6.41. The van der Waals surface area contributed by atoms with Crippen molar-refractivity contribution in [1.82, 2.24) is 4.90 Å². The van der Waals surface area contributed by atoms with Gasteiger partial charge in [-0.25, -0.2) is 9.79 Å². The van der Waals surface area contributed by atoms with Crippen molar-refractivity contribution in [2.45, 2.75) is 6.92 Å². The monoisotopic (exact) mass is 266 g/mol. The maximum atomic E-state index is 11.4. The average molecular weight is 267 g/mol. The molecule has 0 radical (unpaired) electrons. The summed E-state index contributed by atoms with van der Waals surface area (Å²) in [6, 6.07) is 0. The molecular formula is C13H15ClN2O2. The lowest BCUT2D eigenvalue weighted by Gasteiger charge is -2.40. The minimum atomic E-state index is -1.03. The van der Waals surface area contributed by atoms with Crippen LogP contribution in [0.5, 0.6) is 0 Å². The number of aliphatic carboxylic acids is 1. The van der Waals surface area contributed by atoms with Crippen LogP contribution in [0, 0.1) is 11.3 Å². The molecule has 18 heavy (non-hydrogen) atoms. The summed E-state index contributed by atoms with van der Waals surface area (Å²) in [5.41, 5.74) is 0.453. The van der Waals surface area contributed by atoms with Crippen molar-refractivity contribution in [3.63, 3.8) is 0 Å². The molecule has 2 unspecified atom stereocenters. The van der Waals surface area contributed by atoms with E-state index in [1.165, 1.54) is 0 Å². The third kappa shape index (κ3) is 1.86. The molecule has 2 aliphatic rings. The standard InChI is InChI=1S/C13H15ClN2O2/c1-13-6-4-5-9(16(2)3)8(13)7-10(14)15-11(13)12(17)18/h4-8H,1-3H3,(H,17,18). The van der Waals surface area contributed by atoms with Crippen molar-refractivity contribution in [1.29, 1.82) is 0 Å². The molecule has 1 aliphatic heterocycles. The number of carboxylic acid groups (broad SMARTS) is 1. The number of hydrogen-bond acceptors (Lipinski definition) is 3. The van der Waals surface area contributed by atoms with Gasteiger partial charge < -0.3 is 10.0 Å². The zero-order valence-corrected chi connectivity index (χ0v) is 11.3. The van der Waals surface area contributed by atoms with Gasteiger partial charge in [0.25, 0.3) is 0 Å². The first kappa shape index (κ1) is 12.9. The quantitative estimate of drug-likeness (QED) is 0.780. The Balaban J connectivity index is 2.56. The van der Waals surface area contributed by atoms with Gasteiger partial charge in [0, 0.05) is 31.1 Å². The Morgan fingerprint density at radius 2 is 2.22 bits per heavy atom. The van der Waals surface area contributed by atoms with Crippen molar-refractivity contribution in [3.05, 3.63) is 35.2 Å². The first-order valence-corrected chi connectivity index (χ1v) is 6.00. The highest BCUT2D eigenvalue weighted by Crippen LogP contribution is 2.44. The van der Waals surface area contributed by atoms with Gasteiger partial charge in [0.1, 0.15) is 10.9 Å². The second-order valence-corrected chi connectivity index (χ2v) is 5.25. The highest BCUT2D eigenvalue weighted by Gasteiger charge is 2.45. The molecule has 4 nitrogen and oxygen atoms in total. The fourth-order valence-corrected chi connectivity index (χ4v) is 2.66. The molecular weight excluding hydrogens is 252 g/mol.